The van der Waals surface area contributed by atoms with Crippen molar-refractivity contribution in [3.05, 3.63) is 52.7 Å². The normalized spacial score (nSPS) is 9.86. The standard InChI is InChI=1S/C16H17N3O2/c1-11-5-6-13(4-3-7-17)14(8-11)16(20)19-10-15-18-9-12(2)21-15/h5-6,8-9H,7,10,17H2,1-2H3,(H,19,20). The first kappa shape index (κ1) is 14.8. The summed E-state index contributed by atoms with van der Waals surface area (Å²) in [6.07, 6.45) is 1.62. The van der Waals surface area contributed by atoms with Gasteiger partial charge in [-0.3, -0.25) is 4.79 Å². The van der Waals surface area contributed by atoms with Gasteiger partial charge in [-0.1, -0.05) is 23.5 Å². The molecule has 0 bridgehead atoms. The van der Waals surface area contributed by atoms with E-state index in [4.69, 9.17) is 10.2 Å². The molecule has 108 valence electrons. The van der Waals surface area contributed by atoms with E-state index in [2.05, 4.69) is 22.1 Å². The van der Waals surface area contributed by atoms with Gasteiger partial charge in [-0.2, -0.15) is 0 Å². The van der Waals surface area contributed by atoms with Crippen LogP contribution in [0.3, 0.4) is 0 Å². The molecule has 0 saturated heterocycles. The molecular formula is C16H17N3O2. The lowest BCUT2D eigenvalue weighted by molar-refractivity contribution is 0.0947. The molecule has 1 aromatic heterocycles. The van der Waals surface area contributed by atoms with Crippen molar-refractivity contribution in [2.75, 3.05) is 6.54 Å². The van der Waals surface area contributed by atoms with E-state index in [0.29, 0.717) is 22.8 Å². The number of aryl methyl sites for hydroxylation is 2. The van der Waals surface area contributed by atoms with Crippen molar-refractivity contribution in [1.82, 2.24) is 10.3 Å². The third-order valence-electron chi connectivity index (χ3n) is 2.81. The van der Waals surface area contributed by atoms with Gasteiger partial charge in [-0.25, -0.2) is 4.98 Å². The molecule has 0 aliphatic heterocycles. The van der Waals surface area contributed by atoms with Crippen LogP contribution in [0.4, 0.5) is 0 Å². The molecule has 1 amide bonds. The second-order valence-electron chi connectivity index (χ2n) is 4.60. The second kappa shape index (κ2) is 6.73. The summed E-state index contributed by atoms with van der Waals surface area (Å²) in [6, 6.07) is 5.54. The minimum absolute atomic E-state index is 0.212. The molecule has 2 rings (SSSR count). The van der Waals surface area contributed by atoms with Crippen LogP contribution >= 0.6 is 0 Å². The van der Waals surface area contributed by atoms with E-state index in [1.54, 1.807) is 19.2 Å². The Morgan fingerprint density at radius 1 is 1.43 bits per heavy atom. The second-order valence-corrected chi connectivity index (χ2v) is 4.60. The predicted octanol–water partition coefficient (Wildman–Crippen LogP) is 1.53. The molecule has 5 heteroatoms. The van der Waals surface area contributed by atoms with E-state index in [0.717, 1.165) is 5.56 Å². The van der Waals surface area contributed by atoms with Crippen molar-refractivity contribution >= 4 is 5.91 Å². The fourth-order valence-electron chi connectivity index (χ4n) is 1.84. The Labute approximate surface area is 123 Å². The van der Waals surface area contributed by atoms with Gasteiger partial charge in [0, 0.05) is 5.56 Å². The Kier molecular flexibility index (Phi) is 4.75. The topological polar surface area (TPSA) is 81.2 Å². The van der Waals surface area contributed by atoms with Crippen molar-refractivity contribution in [2.24, 2.45) is 5.73 Å². The number of carbonyl (C=O) groups excluding carboxylic acids is 1. The molecule has 0 aliphatic carbocycles. The van der Waals surface area contributed by atoms with Gasteiger partial charge < -0.3 is 15.5 Å². The third kappa shape index (κ3) is 3.94. The molecule has 0 spiro atoms. The van der Waals surface area contributed by atoms with E-state index in [-0.39, 0.29) is 19.0 Å². The average Bonchev–Trinajstić information content (AvgIpc) is 2.89. The van der Waals surface area contributed by atoms with E-state index in [1.807, 2.05) is 19.1 Å². The lowest BCUT2D eigenvalue weighted by atomic mass is 10.0. The van der Waals surface area contributed by atoms with Gasteiger partial charge in [-0.05, 0) is 26.0 Å². The summed E-state index contributed by atoms with van der Waals surface area (Å²) in [6.45, 7) is 4.22. The molecule has 2 aromatic rings. The smallest absolute Gasteiger partial charge is 0.252 e. The van der Waals surface area contributed by atoms with Crippen molar-refractivity contribution in [3.8, 4) is 11.8 Å². The lowest BCUT2D eigenvalue weighted by Gasteiger charge is -2.06. The Hall–Kier alpha value is -2.58. The fraction of sp³-hybridized carbons (Fsp3) is 0.250. The number of hydrogen-bond acceptors (Lipinski definition) is 4. The molecule has 0 radical (unpaired) electrons. The van der Waals surface area contributed by atoms with Gasteiger partial charge >= 0.3 is 0 Å². The van der Waals surface area contributed by atoms with Crippen molar-refractivity contribution in [2.45, 2.75) is 20.4 Å². The highest BCUT2D eigenvalue weighted by Gasteiger charge is 2.11. The number of rotatable bonds is 3. The summed E-state index contributed by atoms with van der Waals surface area (Å²) in [5.74, 6) is 6.65. The summed E-state index contributed by atoms with van der Waals surface area (Å²) in [5, 5.41) is 2.78. The predicted molar refractivity (Wildman–Crippen MR) is 79.5 cm³/mol. The average molecular weight is 283 g/mol. The summed E-state index contributed by atoms with van der Waals surface area (Å²) in [4.78, 5) is 16.3. The molecular weight excluding hydrogens is 266 g/mol. The third-order valence-corrected chi connectivity index (χ3v) is 2.81. The number of aromatic nitrogens is 1. The van der Waals surface area contributed by atoms with Crippen LogP contribution < -0.4 is 11.1 Å². The fourth-order valence-corrected chi connectivity index (χ4v) is 1.84. The summed E-state index contributed by atoms with van der Waals surface area (Å²) < 4.78 is 5.32. The van der Waals surface area contributed by atoms with Gasteiger partial charge in [0.2, 0.25) is 5.89 Å². The SMILES string of the molecule is Cc1ccc(C#CCN)c(C(=O)NCc2ncc(C)o2)c1. The Morgan fingerprint density at radius 2 is 2.24 bits per heavy atom. The number of oxazole rings is 1. The Morgan fingerprint density at radius 3 is 2.90 bits per heavy atom. The van der Waals surface area contributed by atoms with Crippen molar-refractivity contribution in [1.29, 1.82) is 0 Å². The molecule has 0 saturated carbocycles. The largest absolute Gasteiger partial charge is 0.444 e. The number of nitrogens with one attached hydrogen (secondary N) is 1. The molecule has 21 heavy (non-hydrogen) atoms. The number of amides is 1. The summed E-state index contributed by atoms with van der Waals surface area (Å²) >= 11 is 0. The minimum Gasteiger partial charge on any atom is -0.444 e. The van der Waals surface area contributed by atoms with Crippen LogP contribution in [-0.2, 0) is 6.54 Å². The number of carbonyl (C=O) groups is 1. The maximum absolute atomic E-state index is 12.3. The molecule has 1 heterocycles. The van der Waals surface area contributed by atoms with Crippen LogP contribution in [0.2, 0.25) is 0 Å². The molecule has 5 nitrogen and oxygen atoms in total. The van der Waals surface area contributed by atoms with Crippen LogP contribution in [-0.4, -0.2) is 17.4 Å². The minimum atomic E-state index is -0.212. The van der Waals surface area contributed by atoms with Gasteiger partial charge in [0.25, 0.3) is 5.91 Å². The quantitative estimate of drug-likeness (QED) is 0.837. The van der Waals surface area contributed by atoms with Gasteiger partial charge in [0.15, 0.2) is 0 Å². The monoisotopic (exact) mass is 283 g/mol. The number of nitrogens with two attached hydrogens (primary N) is 1. The van der Waals surface area contributed by atoms with Gasteiger partial charge in [0.05, 0.1) is 24.8 Å². The number of nitrogens with zero attached hydrogens (tertiary/aromatic N) is 1. The van der Waals surface area contributed by atoms with Crippen LogP contribution in [0.25, 0.3) is 0 Å². The van der Waals surface area contributed by atoms with Crippen LogP contribution in [0.1, 0.15) is 33.1 Å². The molecule has 3 N–H and O–H groups in total. The van der Waals surface area contributed by atoms with Crippen LogP contribution in [0.15, 0.2) is 28.8 Å². The Balaban J connectivity index is 2.15. The van der Waals surface area contributed by atoms with Gasteiger partial charge in [0.1, 0.15) is 5.76 Å². The van der Waals surface area contributed by atoms with Crippen LogP contribution in [0, 0.1) is 25.7 Å². The van der Waals surface area contributed by atoms with E-state index in [1.165, 1.54) is 0 Å². The Bertz CT molecular complexity index is 708. The molecule has 0 atom stereocenters. The summed E-state index contributed by atoms with van der Waals surface area (Å²) in [7, 11) is 0. The molecule has 1 aromatic carbocycles. The zero-order chi connectivity index (χ0) is 15.2. The van der Waals surface area contributed by atoms with Crippen molar-refractivity contribution < 1.29 is 9.21 Å². The number of benzene rings is 1. The maximum atomic E-state index is 12.3. The first-order chi connectivity index (χ1) is 10.1. The highest BCUT2D eigenvalue weighted by molar-refractivity contribution is 5.96. The first-order valence-corrected chi connectivity index (χ1v) is 6.59. The molecule has 0 unspecified atom stereocenters. The van der Waals surface area contributed by atoms with Crippen molar-refractivity contribution in [3.63, 3.8) is 0 Å². The van der Waals surface area contributed by atoms with E-state index < -0.39 is 0 Å². The summed E-state index contributed by atoms with van der Waals surface area (Å²) in [5.41, 5.74) is 7.55. The molecule has 0 aliphatic rings. The highest BCUT2D eigenvalue weighted by Crippen LogP contribution is 2.11. The zero-order valence-corrected chi connectivity index (χ0v) is 12.1. The lowest BCUT2D eigenvalue weighted by Crippen LogP contribution is -2.24. The van der Waals surface area contributed by atoms with Crippen LogP contribution in [0.5, 0.6) is 0 Å². The maximum Gasteiger partial charge on any atom is 0.252 e. The number of hydrogen-bond donors (Lipinski definition) is 2. The zero-order valence-electron chi connectivity index (χ0n) is 12.1. The molecule has 0 fully saturated rings. The van der Waals surface area contributed by atoms with E-state index in [9.17, 15) is 4.79 Å². The van der Waals surface area contributed by atoms with E-state index >= 15 is 0 Å². The van der Waals surface area contributed by atoms with Gasteiger partial charge in [-0.15, -0.1) is 0 Å². The highest BCUT2D eigenvalue weighted by atomic mass is 16.4. The first-order valence-electron chi connectivity index (χ1n) is 6.59.